The number of aromatic nitrogens is 1. The number of benzene rings is 1. The first-order valence-corrected chi connectivity index (χ1v) is 8.36. The van der Waals surface area contributed by atoms with Gasteiger partial charge in [0, 0.05) is 22.8 Å². The van der Waals surface area contributed by atoms with Crippen LogP contribution < -0.4 is 5.32 Å². The van der Waals surface area contributed by atoms with Gasteiger partial charge in [0.25, 0.3) is 0 Å². The first-order chi connectivity index (χ1) is 11.3. The maximum Gasteiger partial charge on any atom is 0.406 e. The van der Waals surface area contributed by atoms with Crippen molar-refractivity contribution in [3.8, 4) is 0 Å². The highest BCUT2D eigenvalue weighted by Gasteiger charge is 2.30. The van der Waals surface area contributed by atoms with Crippen molar-refractivity contribution < 1.29 is 13.2 Å². The molecular formula is C18H24F3N3. The van der Waals surface area contributed by atoms with Crippen molar-refractivity contribution in [2.24, 2.45) is 0 Å². The van der Waals surface area contributed by atoms with Crippen LogP contribution in [0.1, 0.15) is 24.1 Å². The zero-order valence-corrected chi connectivity index (χ0v) is 14.4. The third kappa shape index (κ3) is 3.38. The molecule has 3 rings (SSSR count). The summed E-state index contributed by atoms with van der Waals surface area (Å²) in [5.41, 5.74) is 3.20. The van der Waals surface area contributed by atoms with Crippen molar-refractivity contribution in [2.45, 2.75) is 45.5 Å². The molecule has 24 heavy (non-hydrogen) atoms. The Morgan fingerprint density at radius 1 is 1.17 bits per heavy atom. The molecule has 0 bridgehead atoms. The molecule has 1 aliphatic heterocycles. The van der Waals surface area contributed by atoms with Gasteiger partial charge in [-0.15, -0.1) is 0 Å². The summed E-state index contributed by atoms with van der Waals surface area (Å²) in [5.74, 6) is 0. The van der Waals surface area contributed by atoms with Crippen molar-refractivity contribution in [1.29, 1.82) is 0 Å². The van der Waals surface area contributed by atoms with Gasteiger partial charge < -0.3 is 14.8 Å². The fraction of sp³-hybridized carbons (Fsp3) is 0.556. The number of aryl methyl sites for hydroxylation is 1. The molecule has 2 heterocycles. The standard InChI is InChI=1S/C18H24F3N3/c1-12-13(2)24(11-18(19,20)21)16-6-4-5-15(17(12)16)22-14-7-9-23(3)10-8-14/h4-6,14,22H,7-11H2,1-3H3. The van der Waals surface area contributed by atoms with Gasteiger partial charge in [0.2, 0.25) is 0 Å². The van der Waals surface area contributed by atoms with Crippen LogP contribution >= 0.6 is 0 Å². The fourth-order valence-electron chi connectivity index (χ4n) is 3.60. The van der Waals surface area contributed by atoms with Crippen molar-refractivity contribution >= 4 is 16.6 Å². The average Bonchev–Trinajstić information content (AvgIpc) is 2.74. The van der Waals surface area contributed by atoms with Crippen LogP contribution in [0.5, 0.6) is 0 Å². The average molecular weight is 339 g/mol. The number of fused-ring (bicyclic) bond motifs is 1. The van der Waals surface area contributed by atoms with E-state index in [2.05, 4.69) is 17.3 Å². The molecule has 0 aliphatic carbocycles. The van der Waals surface area contributed by atoms with Crippen LogP contribution in [0.25, 0.3) is 10.9 Å². The fourth-order valence-corrected chi connectivity index (χ4v) is 3.60. The third-order valence-electron chi connectivity index (χ3n) is 5.07. The number of alkyl halides is 3. The molecule has 0 unspecified atom stereocenters. The summed E-state index contributed by atoms with van der Waals surface area (Å²) >= 11 is 0. The number of rotatable bonds is 3. The minimum atomic E-state index is -4.22. The summed E-state index contributed by atoms with van der Waals surface area (Å²) < 4.78 is 40.2. The number of hydrogen-bond acceptors (Lipinski definition) is 2. The van der Waals surface area contributed by atoms with Gasteiger partial charge >= 0.3 is 6.18 Å². The van der Waals surface area contributed by atoms with E-state index in [4.69, 9.17) is 0 Å². The summed E-state index contributed by atoms with van der Waals surface area (Å²) in [6.45, 7) is 4.81. The Labute approximate surface area is 140 Å². The lowest BCUT2D eigenvalue weighted by atomic mass is 10.0. The quantitative estimate of drug-likeness (QED) is 0.898. The molecule has 0 atom stereocenters. The normalized spacial score (nSPS) is 17.6. The van der Waals surface area contributed by atoms with Gasteiger partial charge in [-0.05, 0) is 64.5 Å². The number of hydrogen-bond donors (Lipinski definition) is 1. The molecule has 1 fully saturated rings. The highest BCUT2D eigenvalue weighted by atomic mass is 19.4. The van der Waals surface area contributed by atoms with E-state index in [1.54, 1.807) is 13.0 Å². The summed E-state index contributed by atoms with van der Waals surface area (Å²) in [6, 6.07) is 5.97. The Kier molecular flexibility index (Phi) is 4.51. The van der Waals surface area contributed by atoms with E-state index in [1.807, 2.05) is 19.1 Å². The summed E-state index contributed by atoms with van der Waals surface area (Å²) in [6.07, 6.45) is -2.12. The van der Waals surface area contributed by atoms with Gasteiger partial charge in [0.05, 0.1) is 5.52 Å². The molecule has 132 valence electrons. The Morgan fingerprint density at radius 2 is 1.83 bits per heavy atom. The van der Waals surface area contributed by atoms with E-state index in [1.165, 1.54) is 4.57 Å². The van der Waals surface area contributed by atoms with E-state index in [0.29, 0.717) is 17.3 Å². The molecule has 0 amide bonds. The lowest BCUT2D eigenvalue weighted by Gasteiger charge is -2.30. The summed E-state index contributed by atoms with van der Waals surface area (Å²) in [5, 5.41) is 4.48. The predicted octanol–water partition coefficient (Wildman–Crippen LogP) is 4.33. The molecule has 0 spiro atoms. The largest absolute Gasteiger partial charge is 0.406 e. The first kappa shape index (κ1) is 17.1. The summed E-state index contributed by atoms with van der Waals surface area (Å²) in [4.78, 5) is 2.30. The second-order valence-corrected chi connectivity index (χ2v) is 6.83. The van der Waals surface area contributed by atoms with E-state index in [9.17, 15) is 13.2 Å². The predicted molar refractivity (Wildman–Crippen MR) is 91.6 cm³/mol. The number of halogens is 3. The number of anilines is 1. The van der Waals surface area contributed by atoms with E-state index in [-0.39, 0.29) is 0 Å². The molecule has 0 radical (unpaired) electrons. The van der Waals surface area contributed by atoms with Gasteiger partial charge in [-0.3, -0.25) is 0 Å². The van der Waals surface area contributed by atoms with Gasteiger partial charge in [-0.25, -0.2) is 0 Å². The van der Waals surface area contributed by atoms with Crippen LogP contribution in [0.2, 0.25) is 0 Å². The maximum atomic E-state index is 12.9. The highest BCUT2D eigenvalue weighted by molar-refractivity contribution is 5.96. The lowest BCUT2D eigenvalue weighted by Crippen LogP contribution is -2.36. The molecule has 2 aromatic rings. The van der Waals surface area contributed by atoms with Crippen molar-refractivity contribution in [3.63, 3.8) is 0 Å². The molecule has 3 nitrogen and oxygen atoms in total. The number of nitrogens with zero attached hydrogens (tertiary/aromatic N) is 2. The Bertz CT molecular complexity index is 725. The van der Waals surface area contributed by atoms with Crippen molar-refractivity contribution in [1.82, 2.24) is 9.47 Å². The molecule has 1 saturated heterocycles. The second kappa shape index (κ2) is 6.31. The Morgan fingerprint density at radius 3 is 2.46 bits per heavy atom. The van der Waals surface area contributed by atoms with E-state index < -0.39 is 12.7 Å². The highest BCUT2D eigenvalue weighted by Crippen LogP contribution is 2.34. The first-order valence-electron chi connectivity index (χ1n) is 8.36. The minimum absolute atomic E-state index is 0.373. The van der Waals surface area contributed by atoms with Gasteiger partial charge in [-0.2, -0.15) is 13.2 Å². The van der Waals surface area contributed by atoms with Crippen LogP contribution in [0.4, 0.5) is 18.9 Å². The van der Waals surface area contributed by atoms with Gasteiger partial charge in [0.1, 0.15) is 6.54 Å². The molecule has 0 saturated carbocycles. The topological polar surface area (TPSA) is 20.2 Å². The molecular weight excluding hydrogens is 315 g/mol. The van der Waals surface area contributed by atoms with Gasteiger partial charge in [-0.1, -0.05) is 6.07 Å². The van der Waals surface area contributed by atoms with Crippen LogP contribution in [0.15, 0.2) is 18.2 Å². The van der Waals surface area contributed by atoms with E-state index >= 15 is 0 Å². The zero-order chi connectivity index (χ0) is 17.5. The maximum absolute atomic E-state index is 12.9. The number of piperidine rings is 1. The molecule has 1 aliphatic rings. The minimum Gasteiger partial charge on any atom is -0.382 e. The molecule has 6 heteroatoms. The monoisotopic (exact) mass is 339 g/mol. The zero-order valence-electron chi connectivity index (χ0n) is 14.4. The molecule has 1 aromatic carbocycles. The van der Waals surface area contributed by atoms with Crippen LogP contribution in [-0.4, -0.2) is 41.8 Å². The number of nitrogens with one attached hydrogen (secondary N) is 1. The number of likely N-dealkylation sites (tertiary alicyclic amines) is 1. The van der Waals surface area contributed by atoms with Crippen LogP contribution in [0, 0.1) is 13.8 Å². The lowest BCUT2D eigenvalue weighted by molar-refractivity contribution is -0.140. The van der Waals surface area contributed by atoms with Crippen LogP contribution in [0.3, 0.4) is 0 Å². The van der Waals surface area contributed by atoms with Crippen LogP contribution in [-0.2, 0) is 6.54 Å². The molecule has 1 aromatic heterocycles. The summed E-state index contributed by atoms with van der Waals surface area (Å²) in [7, 11) is 2.11. The van der Waals surface area contributed by atoms with Gasteiger partial charge in [0.15, 0.2) is 0 Å². The van der Waals surface area contributed by atoms with Crippen molar-refractivity contribution in [3.05, 3.63) is 29.5 Å². The van der Waals surface area contributed by atoms with Crippen molar-refractivity contribution in [2.75, 3.05) is 25.5 Å². The van der Waals surface area contributed by atoms with E-state index in [0.717, 1.165) is 42.6 Å². The smallest absolute Gasteiger partial charge is 0.382 e. The second-order valence-electron chi connectivity index (χ2n) is 6.83. The SMILES string of the molecule is Cc1c(C)n(CC(F)(F)F)c2cccc(NC3CCN(C)CC3)c12. The third-order valence-corrected chi connectivity index (χ3v) is 5.07. The molecule has 1 N–H and O–H groups in total. The Balaban J connectivity index is 1.96. The Hall–Kier alpha value is -1.69.